The Morgan fingerprint density at radius 1 is 1.40 bits per heavy atom. The minimum atomic E-state index is 0.262. The molecule has 1 nitrogen and oxygen atoms in total. The first kappa shape index (κ1) is 7.52. The fraction of sp³-hybridized carbons (Fsp3) is 0.667. The summed E-state index contributed by atoms with van der Waals surface area (Å²) < 4.78 is 2.28. The van der Waals surface area contributed by atoms with Crippen molar-refractivity contribution in [2.45, 2.75) is 39.7 Å². The second-order valence-electron chi connectivity index (χ2n) is 3.94. The van der Waals surface area contributed by atoms with Crippen LogP contribution in [0.2, 0.25) is 0 Å². The molecule has 1 heteroatoms. The molecule has 0 aromatic heterocycles. The monoisotopic (exact) mass is 138 g/mol. The third kappa shape index (κ3) is 1.47. The summed E-state index contributed by atoms with van der Waals surface area (Å²) in [6, 6.07) is 0. The summed E-state index contributed by atoms with van der Waals surface area (Å²) in [5, 5.41) is 0. The Balaban J connectivity index is 2.77. The lowest BCUT2D eigenvalue weighted by atomic mass is 10.1. The Morgan fingerprint density at radius 3 is 2.20 bits per heavy atom. The predicted molar refractivity (Wildman–Crippen MR) is 44.5 cm³/mol. The van der Waals surface area contributed by atoms with E-state index in [-0.39, 0.29) is 5.54 Å². The predicted octanol–water partition coefficient (Wildman–Crippen LogP) is 2.18. The largest absolute Gasteiger partial charge is 0.204 e. The van der Waals surface area contributed by atoms with Gasteiger partial charge in [-0.2, -0.15) is 0 Å². The molecule has 0 saturated heterocycles. The minimum Gasteiger partial charge on any atom is -0.204 e. The van der Waals surface area contributed by atoms with E-state index in [2.05, 4.69) is 44.7 Å². The topological polar surface area (TPSA) is 3.01 Å². The molecule has 0 spiro atoms. The lowest BCUT2D eigenvalue weighted by Gasteiger charge is -2.11. The highest BCUT2D eigenvalue weighted by Gasteiger charge is 2.24. The average molecular weight is 138 g/mol. The van der Waals surface area contributed by atoms with Gasteiger partial charge >= 0.3 is 0 Å². The van der Waals surface area contributed by atoms with Gasteiger partial charge in [-0.15, -0.1) is 0 Å². The van der Waals surface area contributed by atoms with Crippen LogP contribution in [-0.4, -0.2) is 16.3 Å². The van der Waals surface area contributed by atoms with Gasteiger partial charge in [-0.3, -0.25) is 0 Å². The van der Waals surface area contributed by atoms with Crippen LogP contribution in [0.3, 0.4) is 0 Å². The summed E-state index contributed by atoms with van der Waals surface area (Å²) in [4.78, 5) is 0. The van der Waals surface area contributed by atoms with E-state index in [0.717, 1.165) is 6.42 Å². The first-order valence-corrected chi connectivity index (χ1v) is 3.79. The molecule has 0 unspecified atom stereocenters. The van der Waals surface area contributed by atoms with E-state index in [1.807, 2.05) is 0 Å². The van der Waals surface area contributed by atoms with Gasteiger partial charge in [-0.1, -0.05) is 0 Å². The number of allylic oxidation sites excluding steroid dienone is 1. The molecule has 56 valence electrons. The van der Waals surface area contributed by atoms with Crippen LogP contribution < -0.4 is 0 Å². The van der Waals surface area contributed by atoms with Crippen molar-refractivity contribution in [3.8, 4) is 0 Å². The standard InChI is InChI=1S/C9H16N/c1-8-5-6-10(7-8)9(2,3)4/h6-7H,5H2,1-4H3/q+1. The summed E-state index contributed by atoms with van der Waals surface area (Å²) in [5.74, 6) is 0. The number of nitrogens with zero attached hydrogens (tertiary/aromatic N) is 1. The third-order valence-electron chi connectivity index (χ3n) is 1.74. The van der Waals surface area contributed by atoms with Crippen molar-refractivity contribution >= 4 is 6.21 Å². The molecule has 0 N–H and O–H groups in total. The van der Waals surface area contributed by atoms with E-state index in [0.29, 0.717) is 0 Å². The van der Waals surface area contributed by atoms with Gasteiger partial charge in [-0.05, 0) is 6.92 Å². The third-order valence-corrected chi connectivity index (χ3v) is 1.74. The highest BCUT2D eigenvalue weighted by molar-refractivity contribution is 5.58. The van der Waals surface area contributed by atoms with Crippen LogP contribution in [-0.2, 0) is 0 Å². The SMILES string of the molecule is CC1=C[N+](C(C)(C)C)=CC1. The van der Waals surface area contributed by atoms with Crippen LogP contribution in [0, 0.1) is 0 Å². The number of hydrogen-bond acceptors (Lipinski definition) is 0. The van der Waals surface area contributed by atoms with Gasteiger partial charge in [0.1, 0.15) is 6.21 Å². The van der Waals surface area contributed by atoms with Gasteiger partial charge in [0.05, 0.1) is 6.42 Å². The smallest absolute Gasteiger partial charge is 0.168 e. The number of hydrogen-bond donors (Lipinski definition) is 0. The first-order valence-electron chi connectivity index (χ1n) is 3.79. The van der Waals surface area contributed by atoms with Crippen molar-refractivity contribution < 1.29 is 4.58 Å². The van der Waals surface area contributed by atoms with Crippen molar-refractivity contribution in [3.05, 3.63) is 11.8 Å². The summed E-state index contributed by atoms with van der Waals surface area (Å²) in [5.41, 5.74) is 1.72. The molecule has 0 radical (unpaired) electrons. The molecule has 1 rings (SSSR count). The van der Waals surface area contributed by atoms with E-state index in [1.165, 1.54) is 5.57 Å². The molecule has 0 aromatic rings. The van der Waals surface area contributed by atoms with E-state index in [9.17, 15) is 0 Å². The maximum Gasteiger partial charge on any atom is 0.168 e. The zero-order valence-electron chi connectivity index (χ0n) is 7.31. The molecule has 1 heterocycles. The van der Waals surface area contributed by atoms with Crippen LogP contribution in [0.1, 0.15) is 34.1 Å². The van der Waals surface area contributed by atoms with Crippen molar-refractivity contribution in [1.82, 2.24) is 0 Å². The maximum absolute atomic E-state index is 2.28. The van der Waals surface area contributed by atoms with E-state index >= 15 is 0 Å². The maximum atomic E-state index is 2.28. The molecular formula is C9H16N+. The zero-order chi connectivity index (χ0) is 7.78. The second-order valence-corrected chi connectivity index (χ2v) is 3.94. The molecule has 0 fully saturated rings. The molecule has 0 amide bonds. The lowest BCUT2D eigenvalue weighted by Crippen LogP contribution is -2.28. The van der Waals surface area contributed by atoms with E-state index < -0.39 is 0 Å². The van der Waals surface area contributed by atoms with Crippen molar-refractivity contribution in [1.29, 1.82) is 0 Å². The normalized spacial score (nSPS) is 18.8. The molecule has 1 aliphatic heterocycles. The van der Waals surface area contributed by atoms with Crippen molar-refractivity contribution in [3.63, 3.8) is 0 Å². The fourth-order valence-electron chi connectivity index (χ4n) is 1.05. The van der Waals surface area contributed by atoms with E-state index in [1.54, 1.807) is 0 Å². The highest BCUT2D eigenvalue weighted by Crippen LogP contribution is 2.14. The molecule has 0 bridgehead atoms. The summed E-state index contributed by atoms with van der Waals surface area (Å²) in [7, 11) is 0. The summed E-state index contributed by atoms with van der Waals surface area (Å²) in [6.07, 6.45) is 5.59. The fourth-order valence-corrected chi connectivity index (χ4v) is 1.05. The quantitative estimate of drug-likeness (QED) is 0.451. The van der Waals surface area contributed by atoms with Crippen LogP contribution in [0.4, 0.5) is 0 Å². The Hall–Kier alpha value is -0.590. The number of rotatable bonds is 0. The molecule has 0 aromatic carbocycles. The Labute approximate surface area is 63.1 Å². The average Bonchev–Trinajstić information content (AvgIpc) is 2.11. The lowest BCUT2D eigenvalue weighted by molar-refractivity contribution is -0.528. The highest BCUT2D eigenvalue weighted by atomic mass is 15.1. The van der Waals surface area contributed by atoms with Crippen molar-refractivity contribution in [2.24, 2.45) is 0 Å². The molecule has 1 aliphatic rings. The molecule has 0 aliphatic carbocycles. The van der Waals surface area contributed by atoms with Crippen molar-refractivity contribution in [2.75, 3.05) is 0 Å². The molecular weight excluding hydrogens is 122 g/mol. The minimum absolute atomic E-state index is 0.262. The van der Waals surface area contributed by atoms with Crippen LogP contribution in [0.15, 0.2) is 11.8 Å². The van der Waals surface area contributed by atoms with Gasteiger partial charge in [0.25, 0.3) is 0 Å². The van der Waals surface area contributed by atoms with Crippen LogP contribution in [0.5, 0.6) is 0 Å². The van der Waals surface area contributed by atoms with Gasteiger partial charge in [0, 0.05) is 26.3 Å². The van der Waals surface area contributed by atoms with Gasteiger partial charge in [0.2, 0.25) is 0 Å². The van der Waals surface area contributed by atoms with Gasteiger partial charge < -0.3 is 0 Å². The van der Waals surface area contributed by atoms with Gasteiger partial charge in [-0.25, -0.2) is 4.58 Å². The second kappa shape index (κ2) is 2.22. The Bertz CT molecular complexity index is 191. The van der Waals surface area contributed by atoms with Gasteiger partial charge in [0.15, 0.2) is 11.7 Å². The molecule has 0 atom stereocenters. The van der Waals surface area contributed by atoms with Crippen LogP contribution in [0.25, 0.3) is 0 Å². The molecule has 0 saturated carbocycles. The zero-order valence-corrected chi connectivity index (χ0v) is 7.31. The Morgan fingerprint density at radius 2 is 2.00 bits per heavy atom. The summed E-state index contributed by atoms with van der Waals surface area (Å²) in [6.45, 7) is 8.83. The molecule has 10 heavy (non-hydrogen) atoms. The summed E-state index contributed by atoms with van der Waals surface area (Å²) >= 11 is 0. The van der Waals surface area contributed by atoms with E-state index in [4.69, 9.17) is 0 Å². The first-order chi connectivity index (χ1) is 4.50. The Kier molecular flexibility index (Phi) is 1.67. The van der Waals surface area contributed by atoms with Crippen LogP contribution >= 0.6 is 0 Å².